The second-order valence-electron chi connectivity index (χ2n) is 10.6. The molecule has 2 aliphatic heterocycles. The first-order valence-corrected chi connectivity index (χ1v) is 14.9. The lowest BCUT2D eigenvalue weighted by molar-refractivity contribution is -0.119. The number of rotatable bonds is 15. The molecule has 5 rings (SSSR count). The Morgan fingerprint density at radius 3 is 2.77 bits per heavy atom. The zero-order chi connectivity index (χ0) is 29.9. The lowest BCUT2D eigenvalue weighted by atomic mass is 10.00. The van der Waals surface area contributed by atoms with Gasteiger partial charge in [-0.25, -0.2) is 0 Å². The van der Waals surface area contributed by atoms with E-state index in [4.69, 9.17) is 18.9 Å². The molecule has 2 heterocycles. The van der Waals surface area contributed by atoms with Crippen molar-refractivity contribution in [3.8, 4) is 11.5 Å². The number of nitrogens with zero attached hydrogens (tertiary/aromatic N) is 2. The molecule has 3 aliphatic rings. The molecule has 1 aliphatic carbocycles. The van der Waals surface area contributed by atoms with E-state index in [1.165, 1.54) is 0 Å². The molecule has 0 bridgehead atoms. The van der Waals surface area contributed by atoms with E-state index in [2.05, 4.69) is 28.4 Å². The molecule has 1 saturated heterocycles. The van der Waals surface area contributed by atoms with Crippen LogP contribution >= 0.6 is 0 Å². The largest absolute Gasteiger partial charge is 0.496 e. The normalized spacial score (nSPS) is 19.6. The highest BCUT2D eigenvalue weighted by Crippen LogP contribution is 2.28. The van der Waals surface area contributed by atoms with E-state index in [1.54, 1.807) is 7.11 Å². The Hall–Kier alpha value is -3.89. The van der Waals surface area contributed by atoms with Gasteiger partial charge in [-0.2, -0.15) is 0 Å². The molecular weight excluding hydrogens is 546 g/mol. The van der Waals surface area contributed by atoms with Gasteiger partial charge in [0.25, 0.3) is 0 Å². The molecule has 9 heteroatoms. The van der Waals surface area contributed by atoms with Gasteiger partial charge in [-0.3, -0.25) is 4.79 Å². The van der Waals surface area contributed by atoms with Gasteiger partial charge in [0.1, 0.15) is 11.5 Å². The zero-order valence-electron chi connectivity index (χ0n) is 24.7. The molecule has 2 aromatic rings. The number of benzene rings is 2. The van der Waals surface area contributed by atoms with Crippen LogP contribution in [0.3, 0.4) is 0 Å². The van der Waals surface area contributed by atoms with Gasteiger partial charge in [0.2, 0.25) is 5.91 Å². The number of piperazine rings is 1. The Labute approximate surface area is 253 Å². The summed E-state index contributed by atoms with van der Waals surface area (Å²) in [6.45, 7) is 3.81. The van der Waals surface area contributed by atoms with Crippen molar-refractivity contribution >= 4 is 11.6 Å². The van der Waals surface area contributed by atoms with Crippen LogP contribution in [0.15, 0.2) is 96.4 Å². The lowest BCUT2D eigenvalue weighted by Crippen LogP contribution is -2.57. The van der Waals surface area contributed by atoms with E-state index in [9.17, 15) is 9.90 Å². The minimum absolute atomic E-state index is 0.0103. The Balaban J connectivity index is 1.10. The topological polar surface area (TPSA) is 92.7 Å². The number of carbonyl (C=O) groups excluding carboxylic acids is 1. The molecule has 1 unspecified atom stereocenters. The van der Waals surface area contributed by atoms with Crippen molar-refractivity contribution in [1.29, 1.82) is 0 Å². The van der Waals surface area contributed by atoms with Crippen LogP contribution in [0.4, 0.5) is 5.69 Å². The van der Waals surface area contributed by atoms with Gasteiger partial charge in [-0.15, -0.1) is 0 Å². The number of nitrogens with one attached hydrogen (secondary N) is 1. The first-order chi connectivity index (χ1) is 21.2. The average molecular weight is 588 g/mol. The number of fused-ring (bicyclic) bond motifs is 1. The standard InChI is InChI=1S/C34H41N3O6/c1-40-33-9-3-2-7-27(33)24-41-19-6-20-42-30-14-11-28(12-15-30)37-29(22-35-23-34(37)39)25-43-31-13-10-26-8-4-16-36(17-5-18-38)32(26)21-31/h2-4,7-16,21,29,31,35,38H,5-6,17-20,22-25H2,1H3/t29-,31?/m1/s1. The summed E-state index contributed by atoms with van der Waals surface area (Å²) < 4.78 is 23.4. The van der Waals surface area contributed by atoms with E-state index in [0.717, 1.165) is 47.0 Å². The number of para-hydroxylation sites is 1. The molecule has 9 nitrogen and oxygen atoms in total. The van der Waals surface area contributed by atoms with Crippen molar-refractivity contribution in [3.05, 3.63) is 102 Å². The van der Waals surface area contributed by atoms with Gasteiger partial charge >= 0.3 is 0 Å². The summed E-state index contributed by atoms with van der Waals surface area (Å²) >= 11 is 0. The zero-order valence-corrected chi connectivity index (χ0v) is 24.7. The highest BCUT2D eigenvalue weighted by atomic mass is 16.5. The number of aliphatic hydroxyl groups excluding tert-OH is 1. The van der Waals surface area contributed by atoms with Gasteiger partial charge in [-0.1, -0.05) is 36.4 Å². The van der Waals surface area contributed by atoms with Crippen molar-refractivity contribution in [2.24, 2.45) is 0 Å². The lowest BCUT2D eigenvalue weighted by Gasteiger charge is -2.37. The predicted octanol–water partition coefficient (Wildman–Crippen LogP) is 3.96. The van der Waals surface area contributed by atoms with Crippen LogP contribution in [0.2, 0.25) is 0 Å². The summed E-state index contributed by atoms with van der Waals surface area (Å²) in [5, 5.41) is 12.5. The fraction of sp³-hybridized carbons (Fsp3) is 0.382. The molecule has 2 atom stereocenters. The molecule has 0 radical (unpaired) electrons. The quantitative estimate of drug-likeness (QED) is 0.303. The molecule has 1 fully saturated rings. The van der Waals surface area contributed by atoms with E-state index in [0.29, 0.717) is 39.4 Å². The Morgan fingerprint density at radius 2 is 1.93 bits per heavy atom. The van der Waals surface area contributed by atoms with Crippen molar-refractivity contribution in [2.45, 2.75) is 31.6 Å². The molecule has 0 saturated carbocycles. The number of methoxy groups -OCH3 is 1. The SMILES string of the molecule is COc1ccccc1COCCCOc1ccc(N2C(=O)CNC[C@@H]2COC2C=CC3=CC=CN(CCCO)C3=C2)cc1. The number of amides is 1. The Kier molecular flexibility index (Phi) is 11.0. The number of aliphatic hydroxyl groups is 1. The van der Waals surface area contributed by atoms with E-state index < -0.39 is 0 Å². The van der Waals surface area contributed by atoms with E-state index in [1.807, 2.05) is 71.8 Å². The molecule has 228 valence electrons. The highest BCUT2D eigenvalue weighted by molar-refractivity contribution is 5.96. The maximum absolute atomic E-state index is 13.0. The summed E-state index contributed by atoms with van der Waals surface area (Å²) in [7, 11) is 1.66. The van der Waals surface area contributed by atoms with Gasteiger partial charge in [0.15, 0.2) is 0 Å². The smallest absolute Gasteiger partial charge is 0.241 e. The molecule has 43 heavy (non-hydrogen) atoms. The van der Waals surface area contributed by atoms with Gasteiger partial charge in [0.05, 0.1) is 52.2 Å². The van der Waals surface area contributed by atoms with Crippen LogP contribution in [-0.4, -0.2) is 81.2 Å². The predicted molar refractivity (Wildman–Crippen MR) is 166 cm³/mol. The number of anilines is 1. The summed E-state index contributed by atoms with van der Waals surface area (Å²) in [4.78, 5) is 16.9. The van der Waals surface area contributed by atoms with Crippen LogP contribution in [0.1, 0.15) is 18.4 Å². The second kappa shape index (κ2) is 15.5. The van der Waals surface area contributed by atoms with Gasteiger partial charge < -0.3 is 39.2 Å². The molecule has 2 aromatic carbocycles. The second-order valence-corrected chi connectivity index (χ2v) is 10.6. The van der Waals surface area contributed by atoms with E-state index in [-0.39, 0.29) is 31.2 Å². The molecular formula is C34H41N3O6. The number of ether oxygens (including phenoxy) is 4. The van der Waals surface area contributed by atoms with Crippen molar-refractivity contribution in [2.75, 3.05) is 58.1 Å². The number of allylic oxidation sites excluding steroid dienone is 3. The third-order valence-electron chi connectivity index (χ3n) is 7.53. The first kappa shape index (κ1) is 30.6. The Bertz CT molecular complexity index is 1340. The van der Waals surface area contributed by atoms with E-state index >= 15 is 0 Å². The van der Waals surface area contributed by atoms with Crippen molar-refractivity contribution < 1.29 is 28.8 Å². The first-order valence-electron chi connectivity index (χ1n) is 14.9. The van der Waals surface area contributed by atoms with Gasteiger partial charge in [-0.05, 0) is 54.5 Å². The maximum Gasteiger partial charge on any atom is 0.241 e. The molecule has 2 N–H and O–H groups in total. The van der Waals surface area contributed by atoms with Crippen molar-refractivity contribution in [3.63, 3.8) is 0 Å². The fourth-order valence-corrected chi connectivity index (χ4v) is 5.36. The minimum Gasteiger partial charge on any atom is -0.496 e. The van der Waals surface area contributed by atoms with Crippen LogP contribution in [-0.2, 0) is 20.9 Å². The minimum atomic E-state index is -0.205. The van der Waals surface area contributed by atoms with Crippen LogP contribution in [0, 0.1) is 0 Å². The summed E-state index contributed by atoms with van der Waals surface area (Å²) in [6.07, 6.45) is 13.6. The average Bonchev–Trinajstić information content (AvgIpc) is 3.05. The summed E-state index contributed by atoms with van der Waals surface area (Å²) in [5.74, 6) is 1.59. The Morgan fingerprint density at radius 1 is 1.07 bits per heavy atom. The fourth-order valence-electron chi connectivity index (χ4n) is 5.36. The summed E-state index contributed by atoms with van der Waals surface area (Å²) in [6, 6.07) is 15.4. The molecule has 1 amide bonds. The van der Waals surface area contributed by atoms with Crippen LogP contribution in [0.5, 0.6) is 11.5 Å². The number of hydrogen-bond donors (Lipinski definition) is 2. The van der Waals surface area contributed by atoms with Crippen LogP contribution < -0.4 is 19.7 Å². The monoisotopic (exact) mass is 587 g/mol. The number of hydrogen-bond acceptors (Lipinski definition) is 8. The summed E-state index contributed by atoms with van der Waals surface area (Å²) in [5.41, 5.74) is 4.05. The third-order valence-corrected chi connectivity index (χ3v) is 7.53. The highest BCUT2D eigenvalue weighted by Gasteiger charge is 2.30. The third kappa shape index (κ3) is 8.14. The van der Waals surface area contributed by atoms with Crippen LogP contribution in [0.25, 0.3) is 0 Å². The maximum atomic E-state index is 13.0. The van der Waals surface area contributed by atoms with Gasteiger partial charge in [0, 0.05) is 49.3 Å². The number of carbonyl (C=O) groups is 1. The van der Waals surface area contributed by atoms with Crippen molar-refractivity contribution in [1.82, 2.24) is 10.2 Å². The molecule has 0 spiro atoms. The molecule has 0 aromatic heterocycles.